The lowest BCUT2D eigenvalue weighted by atomic mass is 10.2. The van der Waals surface area contributed by atoms with E-state index in [4.69, 9.17) is 28.9 Å². The minimum atomic E-state index is 0.518. The number of aryl methyl sites for hydroxylation is 2. The average molecular weight is 299 g/mol. The maximum atomic E-state index is 6.14. The summed E-state index contributed by atoms with van der Waals surface area (Å²) in [6.07, 6.45) is 0. The maximum absolute atomic E-state index is 6.14. The summed E-state index contributed by atoms with van der Waals surface area (Å²) in [5.74, 6) is 0. The molecule has 0 bridgehead atoms. The number of nitrogens with zero attached hydrogens (tertiary/aromatic N) is 2. The average Bonchev–Trinajstić information content (AvgIpc) is 2.53. The second kappa shape index (κ2) is 5.31. The van der Waals surface area contributed by atoms with Crippen molar-refractivity contribution in [3.8, 4) is 0 Å². The standard InChI is InChI=1S/C13H16Cl2N4/c1-7-10(8(2)19(3)18-7)6-17-13-11(14)4-9(16)5-12(13)15/h4-5,17H,6,16H2,1-3H3. The molecule has 0 spiro atoms. The van der Waals surface area contributed by atoms with Crippen molar-refractivity contribution in [2.45, 2.75) is 20.4 Å². The lowest BCUT2D eigenvalue weighted by molar-refractivity contribution is 0.730. The van der Waals surface area contributed by atoms with Crippen molar-refractivity contribution < 1.29 is 0 Å². The smallest absolute Gasteiger partial charge is 0.0723 e. The monoisotopic (exact) mass is 298 g/mol. The van der Waals surface area contributed by atoms with E-state index in [0.717, 1.165) is 17.0 Å². The van der Waals surface area contributed by atoms with Gasteiger partial charge in [-0.25, -0.2) is 0 Å². The minimum Gasteiger partial charge on any atom is -0.399 e. The Bertz CT molecular complexity index is 596. The first kappa shape index (κ1) is 14.0. The van der Waals surface area contributed by atoms with Crippen LogP contribution in [-0.4, -0.2) is 9.78 Å². The summed E-state index contributed by atoms with van der Waals surface area (Å²) in [5.41, 5.74) is 10.2. The van der Waals surface area contributed by atoms with Crippen molar-refractivity contribution in [2.24, 2.45) is 7.05 Å². The highest BCUT2D eigenvalue weighted by atomic mass is 35.5. The van der Waals surface area contributed by atoms with Crippen LogP contribution in [0, 0.1) is 13.8 Å². The van der Waals surface area contributed by atoms with Crippen LogP contribution in [0.15, 0.2) is 12.1 Å². The van der Waals surface area contributed by atoms with Crippen molar-refractivity contribution in [1.29, 1.82) is 0 Å². The molecule has 2 rings (SSSR count). The lowest BCUT2D eigenvalue weighted by Gasteiger charge is -2.11. The van der Waals surface area contributed by atoms with Gasteiger partial charge < -0.3 is 11.1 Å². The number of hydrogen-bond acceptors (Lipinski definition) is 3. The van der Waals surface area contributed by atoms with Crippen molar-refractivity contribution in [2.75, 3.05) is 11.1 Å². The molecule has 0 saturated carbocycles. The van der Waals surface area contributed by atoms with E-state index in [1.807, 2.05) is 25.6 Å². The Balaban J connectivity index is 2.24. The number of benzene rings is 1. The Hall–Kier alpha value is -1.39. The molecule has 0 fully saturated rings. The van der Waals surface area contributed by atoms with Gasteiger partial charge in [0.2, 0.25) is 0 Å². The van der Waals surface area contributed by atoms with Crippen molar-refractivity contribution in [3.05, 3.63) is 39.1 Å². The van der Waals surface area contributed by atoms with Gasteiger partial charge in [-0.15, -0.1) is 0 Å². The van der Waals surface area contributed by atoms with E-state index in [1.165, 1.54) is 0 Å². The van der Waals surface area contributed by atoms with Gasteiger partial charge in [-0.3, -0.25) is 4.68 Å². The number of nitrogens with two attached hydrogens (primary N) is 1. The van der Waals surface area contributed by atoms with Crippen molar-refractivity contribution in [1.82, 2.24) is 9.78 Å². The first-order chi connectivity index (χ1) is 8.90. The maximum Gasteiger partial charge on any atom is 0.0723 e. The fraction of sp³-hybridized carbons (Fsp3) is 0.308. The highest BCUT2D eigenvalue weighted by Crippen LogP contribution is 2.33. The Kier molecular flexibility index (Phi) is 3.92. The molecular formula is C13H16Cl2N4. The van der Waals surface area contributed by atoms with Crippen molar-refractivity contribution in [3.63, 3.8) is 0 Å². The Morgan fingerprint density at radius 1 is 1.26 bits per heavy atom. The Morgan fingerprint density at radius 2 is 1.84 bits per heavy atom. The molecule has 102 valence electrons. The third kappa shape index (κ3) is 2.80. The number of halogens is 2. The summed E-state index contributed by atoms with van der Waals surface area (Å²) in [6.45, 7) is 4.63. The first-order valence-corrected chi connectivity index (χ1v) is 6.63. The SMILES string of the molecule is Cc1nn(C)c(C)c1CNc1c(Cl)cc(N)cc1Cl. The molecular weight excluding hydrogens is 283 g/mol. The summed E-state index contributed by atoms with van der Waals surface area (Å²) in [4.78, 5) is 0. The second-order valence-electron chi connectivity index (χ2n) is 4.49. The molecule has 0 aliphatic rings. The highest BCUT2D eigenvalue weighted by molar-refractivity contribution is 6.39. The largest absolute Gasteiger partial charge is 0.399 e. The Labute approximate surface area is 122 Å². The normalized spacial score (nSPS) is 10.8. The van der Waals surface area contributed by atoms with E-state index < -0.39 is 0 Å². The predicted octanol–water partition coefficient (Wildman–Crippen LogP) is 3.54. The zero-order valence-electron chi connectivity index (χ0n) is 11.1. The fourth-order valence-corrected chi connectivity index (χ4v) is 2.65. The van der Waals surface area contributed by atoms with E-state index in [-0.39, 0.29) is 0 Å². The van der Waals surface area contributed by atoms with E-state index >= 15 is 0 Å². The molecule has 3 N–H and O–H groups in total. The van der Waals surface area contributed by atoms with E-state index in [9.17, 15) is 0 Å². The van der Waals surface area contributed by atoms with Gasteiger partial charge in [-0.05, 0) is 26.0 Å². The third-order valence-electron chi connectivity index (χ3n) is 3.17. The molecule has 0 aliphatic carbocycles. The number of aromatic nitrogens is 2. The molecule has 6 heteroatoms. The van der Waals surface area contributed by atoms with Crippen LogP contribution in [0.5, 0.6) is 0 Å². The number of hydrogen-bond donors (Lipinski definition) is 2. The zero-order chi connectivity index (χ0) is 14.2. The van der Waals surface area contributed by atoms with Gasteiger partial charge in [-0.1, -0.05) is 23.2 Å². The van der Waals surface area contributed by atoms with Gasteiger partial charge in [0.1, 0.15) is 0 Å². The van der Waals surface area contributed by atoms with Crippen LogP contribution in [0.25, 0.3) is 0 Å². The van der Waals surface area contributed by atoms with Crippen LogP contribution in [0.2, 0.25) is 10.0 Å². The second-order valence-corrected chi connectivity index (χ2v) is 5.30. The highest BCUT2D eigenvalue weighted by Gasteiger charge is 2.11. The van der Waals surface area contributed by atoms with Gasteiger partial charge >= 0.3 is 0 Å². The summed E-state index contributed by atoms with van der Waals surface area (Å²) in [7, 11) is 1.93. The molecule has 19 heavy (non-hydrogen) atoms. The third-order valence-corrected chi connectivity index (χ3v) is 3.76. The van der Waals surface area contributed by atoms with Crippen LogP contribution >= 0.6 is 23.2 Å². The molecule has 1 aromatic heterocycles. The number of rotatable bonds is 3. The van der Waals surface area contributed by atoms with Gasteiger partial charge in [0, 0.05) is 30.5 Å². The van der Waals surface area contributed by atoms with Crippen LogP contribution < -0.4 is 11.1 Å². The molecule has 4 nitrogen and oxygen atoms in total. The zero-order valence-corrected chi connectivity index (χ0v) is 12.6. The molecule has 0 atom stereocenters. The molecule has 0 radical (unpaired) electrons. The summed E-state index contributed by atoms with van der Waals surface area (Å²) < 4.78 is 1.86. The van der Waals surface area contributed by atoms with E-state index in [2.05, 4.69) is 10.4 Å². The molecule has 2 aromatic rings. The molecule has 0 unspecified atom stereocenters. The first-order valence-electron chi connectivity index (χ1n) is 5.87. The molecule has 1 aromatic carbocycles. The van der Waals surface area contributed by atoms with Crippen molar-refractivity contribution >= 4 is 34.6 Å². The van der Waals surface area contributed by atoms with Crippen LogP contribution in [-0.2, 0) is 13.6 Å². The topological polar surface area (TPSA) is 55.9 Å². The quantitative estimate of drug-likeness (QED) is 0.852. The van der Waals surface area contributed by atoms with Crippen LogP contribution in [0.4, 0.5) is 11.4 Å². The molecule has 1 heterocycles. The van der Waals surface area contributed by atoms with Crippen LogP contribution in [0.3, 0.4) is 0 Å². The lowest BCUT2D eigenvalue weighted by Crippen LogP contribution is -2.04. The fourth-order valence-electron chi connectivity index (χ4n) is 2.01. The number of anilines is 2. The molecule has 0 aliphatic heterocycles. The molecule has 0 amide bonds. The number of nitrogens with one attached hydrogen (secondary N) is 1. The summed E-state index contributed by atoms with van der Waals surface area (Å²) >= 11 is 12.3. The number of nitrogen functional groups attached to an aromatic ring is 1. The summed E-state index contributed by atoms with van der Waals surface area (Å²) in [5, 5.41) is 8.66. The van der Waals surface area contributed by atoms with Gasteiger partial charge in [-0.2, -0.15) is 5.10 Å². The summed E-state index contributed by atoms with van der Waals surface area (Å²) in [6, 6.07) is 3.36. The predicted molar refractivity (Wildman–Crippen MR) is 80.9 cm³/mol. The molecule has 0 saturated heterocycles. The van der Waals surface area contributed by atoms with Gasteiger partial charge in [0.15, 0.2) is 0 Å². The van der Waals surface area contributed by atoms with Gasteiger partial charge in [0.25, 0.3) is 0 Å². The van der Waals surface area contributed by atoms with E-state index in [0.29, 0.717) is 28.0 Å². The minimum absolute atomic E-state index is 0.518. The Morgan fingerprint density at radius 3 is 2.32 bits per heavy atom. The van der Waals surface area contributed by atoms with Gasteiger partial charge in [0.05, 0.1) is 21.4 Å². The van der Waals surface area contributed by atoms with E-state index in [1.54, 1.807) is 12.1 Å². The van der Waals surface area contributed by atoms with Crippen LogP contribution in [0.1, 0.15) is 17.0 Å².